The van der Waals surface area contributed by atoms with Crippen molar-refractivity contribution in [2.75, 3.05) is 19.7 Å². The molecule has 1 saturated heterocycles. The van der Waals surface area contributed by atoms with Crippen molar-refractivity contribution in [3.63, 3.8) is 0 Å². The average molecular weight is 926 g/mol. The molecular formula is C58H120N2O5. The number of hydrogen-bond donors (Lipinski definition) is 1. The van der Waals surface area contributed by atoms with Crippen LogP contribution in [0.25, 0.3) is 0 Å². The highest BCUT2D eigenvalue weighted by Gasteiger charge is 2.27. The van der Waals surface area contributed by atoms with E-state index in [-0.39, 0.29) is 17.9 Å². The number of ketones is 2. The molecule has 0 saturated carbocycles. The van der Waals surface area contributed by atoms with E-state index in [0.717, 1.165) is 82.7 Å². The Labute approximate surface area is 408 Å². The maximum Gasteiger partial charge on any atom is 0.305 e. The van der Waals surface area contributed by atoms with E-state index in [0.29, 0.717) is 31.0 Å². The number of nitrogens with two attached hydrogens (primary N) is 1. The van der Waals surface area contributed by atoms with Crippen molar-refractivity contribution in [1.82, 2.24) is 4.90 Å². The predicted octanol–water partition coefficient (Wildman–Crippen LogP) is 17.9. The monoisotopic (exact) mass is 925 g/mol. The molecule has 392 valence electrons. The molecule has 2 N–H and O–H groups in total. The highest BCUT2D eigenvalue weighted by Crippen LogP contribution is 2.20. The molecule has 1 heterocycles. The lowest BCUT2D eigenvalue weighted by Gasteiger charge is -2.21. The number of esters is 1. The number of primary amides is 1. The minimum atomic E-state index is -0.211. The minimum absolute atomic E-state index is 0.0441. The third kappa shape index (κ3) is 71.4. The highest BCUT2D eigenvalue weighted by molar-refractivity contribution is 5.81. The fraction of sp³-hybridized carbons (Fsp3) is 0.931. The molecule has 1 rings (SSSR count). The Hall–Kier alpha value is -1.76. The highest BCUT2D eigenvalue weighted by atomic mass is 16.5. The van der Waals surface area contributed by atoms with E-state index in [4.69, 9.17) is 10.5 Å². The van der Waals surface area contributed by atoms with Gasteiger partial charge in [-0.25, -0.2) is 0 Å². The molecule has 1 atom stereocenters. The number of likely N-dealkylation sites (tertiary alicyclic amines) is 1. The number of carbonyl (C=O) groups excluding carboxylic acids is 4. The lowest BCUT2D eigenvalue weighted by Crippen LogP contribution is -2.35. The Morgan fingerprint density at radius 2 is 0.908 bits per heavy atom. The molecule has 0 bridgehead atoms. The molecule has 65 heavy (non-hydrogen) atoms. The second-order valence-corrected chi connectivity index (χ2v) is 19.5. The Bertz CT molecular complexity index is 936. The summed E-state index contributed by atoms with van der Waals surface area (Å²) in [4.78, 5) is 45.8. The maximum atomic E-state index is 11.8. The van der Waals surface area contributed by atoms with Crippen LogP contribution < -0.4 is 5.73 Å². The maximum absolute atomic E-state index is 11.8. The molecular weight excluding hydrogens is 805 g/mol. The standard InChI is InChI=1S/C23H43NO3.C18H38.C7H14O.C4H9NO.C4H10.C2H6/c1-3-4-5-6-7-8-9-10-14-20-27-23(26)17-12-11-13-18-24-19-15-16-22(24)21(2)25;1-4-6-8-10-12-14-16-18(3)17-15-13-11-9-7-5-2;1-3-4-5-6-7(2)8;1-2-3-4(5)6;1-4(2)3;1-2/h22H,3-20H2,1-2H3;18H,4-17H2,1-3H3;3-6H2,1-2H3;2-3H2,1H3,(H2,5,6);4H,1-3H3;1-2H3. The zero-order valence-corrected chi connectivity index (χ0v) is 46.7. The van der Waals surface area contributed by atoms with Crippen LogP contribution >= 0.6 is 0 Å². The van der Waals surface area contributed by atoms with Crippen LogP contribution in [0.1, 0.15) is 315 Å². The number of ether oxygens (including phenoxy) is 1. The molecule has 0 aromatic carbocycles. The van der Waals surface area contributed by atoms with Crippen molar-refractivity contribution in [3.05, 3.63) is 0 Å². The van der Waals surface area contributed by atoms with E-state index in [1.54, 1.807) is 13.8 Å². The molecule has 0 radical (unpaired) electrons. The van der Waals surface area contributed by atoms with Crippen LogP contribution in [0.15, 0.2) is 0 Å². The number of rotatable bonds is 37. The van der Waals surface area contributed by atoms with Gasteiger partial charge in [-0.3, -0.25) is 19.3 Å². The second kappa shape index (κ2) is 62.2. The number of nitrogens with zero attached hydrogens (tertiary/aromatic N) is 1. The summed E-state index contributed by atoms with van der Waals surface area (Å²) in [5.74, 6) is 2.17. The first-order chi connectivity index (χ1) is 31.2. The van der Waals surface area contributed by atoms with E-state index >= 15 is 0 Å². The van der Waals surface area contributed by atoms with Gasteiger partial charge in [0, 0.05) is 19.3 Å². The molecule has 1 unspecified atom stereocenters. The number of hydrogen-bond acceptors (Lipinski definition) is 6. The summed E-state index contributed by atoms with van der Waals surface area (Å²) in [5, 5.41) is 0. The van der Waals surface area contributed by atoms with Crippen molar-refractivity contribution in [3.8, 4) is 0 Å². The van der Waals surface area contributed by atoms with Crippen LogP contribution in [0.5, 0.6) is 0 Å². The molecule has 1 fully saturated rings. The topological polar surface area (TPSA) is 107 Å². The zero-order chi connectivity index (χ0) is 50.2. The second-order valence-electron chi connectivity index (χ2n) is 19.5. The van der Waals surface area contributed by atoms with Gasteiger partial charge in [0.05, 0.1) is 12.6 Å². The predicted molar refractivity (Wildman–Crippen MR) is 288 cm³/mol. The molecule has 0 aliphatic carbocycles. The van der Waals surface area contributed by atoms with E-state index in [9.17, 15) is 19.2 Å². The Kier molecular flexibility index (Phi) is 69.2. The summed E-state index contributed by atoms with van der Waals surface area (Å²) in [5.41, 5.74) is 4.76. The van der Waals surface area contributed by atoms with Crippen LogP contribution in [-0.2, 0) is 23.9 Å². The van der Waals surface area contributed by atoms with E-state index in [2.05, 4.69) is 60.3 Å². The van der Waals surface area contributed by atoms with Crippen molar-refractivity contribution >= 4 is 23.4 Å². The van der Waals surface area contributed by atoms with Gasteiger partial charge in [-0.2, -0.15) is 0 Å². The molecule has 0 spiro atoms. The molecule has 0 aromatic rings. The smallest absolute Gasteiger partial charge is 0.305 e. The first-order valence-corrected chi connectivity index (χ1v) is 28.4. The van der Waals surface area contributed by atoms with Gasteiger partial charge >= 0.3 is 5.97 Å². The zero-order valence-electron chi connectivity index (χ0n) is 46.7. The first-order valence-electron chi connectivity index (χ1n) is 28.4. The Morgan fingerprint density at radius 3 is 1.29 bits per heavy atom. The van der Waals surface area contributed by atoms with Crippen molar-refractivity contribution < 1.29 is 23.9 Å². The van der Waals surface area contributed by atoms with Crippen LogP contribution in [-0.4, -0.2) is 54.1 Å². The fourth-order valence-electron chi connectivity index (χ4n) is 7.55. The molecule has 7 nitrogen and oxygen atoms in total. The summed E-state index contributed by atoms with van der Waals surface area (Å²) in [6, 6.07) is 0.145. The third-order valence-electron chi connectivity index (χ3n) is 11.4. The first kappa shape index (κ1) is 72.2. The molecule has 1 amide bonds. The lowest BCUT2D eigenvalue weighted by molar-refractivity contribution is -0.144. The van der Waals surface area contributed by atoms with Crippen molar-refractivity contribution in [2.24, 2.45) is 17.6 Å². The largest absolute Gasteiger partial charge is 0.466 e. The van der Waals surface area contributed by atoms with Crippen LogP contribution in [0, 0.1) is 11.8 Å². The van der Waals surface area contributed by atoms with Crippen LogP contribution in [0.4, 0.5) is 0 Å². The van der Waals surface area contributed by atoms with Gasteiger partial charge in [0.2, 0.25) is 5.91 Å². The van der Waals surface area contributed by atoms with Gasteiger partial charge in [-0.1, -0.05) is 237 Å². The van der Waals surface area contributed by atoms with Gasteiger partial charge < -0.3 is 15.3 Å². The summed E-state index contributed by atoms with van der Waals surface area (Å²) in [6.45, 7) is 29.8. The van der Waals surface area contributed by atoms with Crippen LogP contribution in [0.3, 0.4) is 0 Å². The summed E-state index contributed by atoms with van der Waals surface area (Å²) < 4.78 is 5.34. The van der Waals surface area contributed by atoms with E-state index < -0.39 is 0 Å². The van der Waals surface area contributed by atoms with Gasteiger partial charge in [0.1, 0.15) is 11.6 Å². The fourth-order valence-corrected chi connectivity index (χ4v) is 7.55. The summed E-state index contributed by atoms with van der Waals surface area (Å²) in [7, 11) is 0. The molecule has 7 heteroatoms. The van der Waals surface area contributed by atoms with E-state index in [1.165, 1.54) is 154 Å². The van der Waals surface area contributed by atoms with Crippen molar-refractivity contribution in [2.45, 2.75) is 321 Å². The SMILES string of the molecule is CC.CC(C)C.CCCC(N)=O.CCCCCC(C)=O.CCCCCCCCC(C)CCCCCCCC.CCCCCCCCCCCOC(=O)CCCCCN1CCCC1C(C)=O. The van der Waals surface area contributed by atoms with Crippen molar-refractivity contribution in [1.29, 1.82) is 0 Å². The quantitative estimate of drug-likeness (QED) is 0.0491. The van der Waals surface area contributed by atoms with Gasteiger partial charge in [0.15, 0.2) is 0 Å². The number of amides is 1. The molecule has 1 aliphatic rings. The van der Waals surface area contributed by atoms with E-state index in [1.807, 2.05) is 20.8 Å². The summed E-state index contributed by atoms with van der Waals surface area (Å²) >= 11 is 0. The van der Waals surface area contributed by atoms with Crippen LogP contribution in [0.2, 0.25) is 0 Å². The summed E-state index contributed by atoms with van der Waals surface area (Å²) in [6.07, 6.45) is 43.1. The average Bonchev–Trinajstić information content (AvgIpc) is 3.74. The number of unbranched alkanes of at least 4 members (excludes halogenated alkanes) is 22. The van der Waals surface area contributed by atoms with Gasteiger partial charge in [-0.15, -0.1) is 0 Å². The van der Waals surface area contributed by atoms with Gasteiger partial charge in [0.25, 0.3) is 0 Å². The number of carbonyl (C=O) groups is 4. The molecule has 0 aromatic heterocycles. The molecule has 1 aliphatic heterocycles. The number of Topliss-reactive ketones (excluding diaryl/α,β-unsaturated/α-hetero) is 2. The lowest BCUT2D eigenvalue weighted by atomic mass is 9.96. The normalized spacial score (nSPS) is 12.9. The minimum Gasteiger partial charge on any atom is -0.466 e. The Morgan fingerprint density at radius 1 is 0.523 bits per heavy atom. The third-order valence-corrected chi connectivity index (χ3v) is 11.4. The Balaban J connectivity index is -0.000000269. The van der Waals surface area contributed by atoms with Gasteiger partial charge in [-0.05, 0) is 83.7 Å².